The van der Waals surface area contributed by atoms with E-state index in [0.29, 0.717) is 5.69 Å². The van der Waals surface area contributed by atoms with Crippen molar-refractivity contribution in [2.45, 2.75) is 25.6 Å². The normalized spacial score (nSPS) is 12.6. The number of carbonyl (C=O) groups is 1. The summed E-state index contributed by atoms with van der Waals surface area (Å²) in [6.07, 6.45) is 0. The summed E-state index contributed by atoms with van der Waals surface area (Å²) in [5.74, 6) is -0.305. The number of alkyl halides is 1. The summed E-state index contributed by atoms with van der Waals surface area (Å²) >= 11 is 3.30. The van der Waals surface area contributed by atoms with Crippen molar-refractivity contribution in [1.29, 1.82) is 0 Å². The fourth-order valence-electron chi connectivity index (χ4n) is 1.32. The summed E-state index contributed by atoms with van der Waals surface area (Å²) in [5, 5.41) is 2.68. The lowest BCUT2D eigenvalue weighted by atomic mass is 10.1. The molecule has 1 N–H and O–H groups in total. The third-order valence-electron chi connectivity index (χ3n) is 2.15. The van der Waals surface area contributed by atoms with E-state index in [0.717, 1.165) is 5.56 Å². The summed E-state index contributed by atoms with van der Waals surface area (Å²) in [6.45, 7) is 5.67. The second-order valence-corrected chi connectivity index (χ2v) is 5.14. The summed E-state index contributed by atoms with van der Waals surface area (Å²) in [7, 11) is 0. The molecule has 0 aromatic heterocycles. The Morgan fingerprint density at radius 1 is 1.38 bits per heavy atom. The monoisotopic (exact) mass is 287 g/mol. The summed E-state index contributed by atoms with van der Waals surface area (Å²) in [4.78, 5) is 11.4. The Labute approximate surface area is 103 Å². The van der Waals surface area contributed by atoms with Crippen LogP contribution >= 0.6 is 15.9 Å². The van der Waals surface area contributed by atoms with Crippen molar-refractivity contribution in [2.75, 3.05) is 5.32 Å². The van der Waals surface area contributed by atoms with Gasteiger partial charge in [0.1, 0.15) is 5.82 Å². The first kappa shape index (κ1) is 13.2. The lowest BCUT2D eigenvalue weighted by molar-refractivity contribution is -0.116. The molecule has 0 radical (unpaired) electrons. The van der Waals surface area contributed by atoms with E-state index in [1.807, 2.05) is 13.8 Å². The number of hydrogen-bond donors (Lipinski definition) is 1. The van der Waals surface area contributed by atoms with E-state index in [9.17, 15) is 9.18 Å². The van der Waals surface area contributed by atoms with E-state index in [-0.39, 0.29) is 22.5 Å². The second kappa shape index (κ2) is 5.43. The molecule has 1 aromatic carbocycles. The van der Waals surface area contributed by atoms with Gasteiger partial charge < -0.3 is 5.32 Å². The molecule has 0 bridgehead atoms. The van der Waals surface area contributed by atoms with E-state index < -0.39 is 0 Å². The fourth-order valence-corrected chi connectivity index (χ4v) is 1.44. The molecule has 1 aromatic rings. The Kier molecular flexibility index (Phi) is 4.47. The minimum atomic E-state index is -0.342. The van der Waals surface area contributed by atoms with Crippen molar-refractivity contribution in [3.8, 4) is 0 Å². The highest BCUT2D eigenvalue weighted by Gasteiger charge is 2.18. The zero-order valence-electron chi connectivity index (χ0n) is 9.55. The van der Waals surface area contributed by atoms with Crippen LogP contribution in [-0.2, 0) is 4.79 Å². The van der Waals surface area contributed by atoms with Crippen LogP contribution in [0.5, 0.6) is 0 Å². The first-order chi connectivity index (χ1) is 7.40. The first-order valence-electron chi connectivity index (χ1n) is 5.12. The van der Waals surface area contributed by atoms with Crippen molar-refractivity contribution in [3.05, 3.63) is 29.6 Å². The van der Waals surface area contributed by atoms with Crippen LogP contribution in [-0.4, -0.2) is 10.7 Å². The van der Waals surface area contributed by atoms with Crippen LogP contribution in [0.25, 0.3) is 0 Å². The standard InChI is InChI=1S/C12H15BrFNO/c1-7(2)11(13)12(16)15-10-5-8(3)4-9(14)6-10/h4-7,11H,1-3H3,(H,15,16). The number of hydrogen-bond acceptors (Lipinski definition) is 1. The van der Waals surface area contributed by atoms with Crippen LogP contribution in [0.15, 0.2) is 18.2 Å². The third-order valence-corrected chi connectivity index (χ3v) is 3.62. The molecule has 0 saturated heterocycles. The van der Waals surface area contributed by atoms with Gasteiger partial charge in [0.15, 0.2) is 0 Å². The van der Waals surface area contributed by atoms with Gasteiger partial charge in [-0.25, -0.2) is 4.39 Å². The van der Waals surface area contributed by atoms with Crippen molar-refractivity contribution >= 4 is 27.5 Å². The summed E-state index contributed by atoms with van der Waals surface area (Å²) in [5.41, 5.74) is 1.28. The highest BCUT2D eigenvalue weighted by molar-refractivity contribution is 9.10. The quantitative estimate of drug-likeness (QED) is 0.847. The average Bonchev–Trinajstić information content (AvgIpc) is 2.14. The lowest BCUT2D eigenvalue weighted by Gasteiger charge is -2.14. The molecule has 88 valence electrons. The maximum absolute atomic E-state index is 13.1. The lowest BCUT2D eigenvalue weighted by Crippen LogP contribution is -2.27. The summed E-state index contributed by atoms with van der Waals surface area (Å²) in [6, 6.07) is 4.47. The number of benzene rings is 1. The minimum Gasteiger partial charge on any atom is -0.325 e. The molecule has 0 saturated carbocycles. The molecule has 1 rings (SSSR count). The number of halogens is 2. The fraction of sp³-hybridized carbons (Fsp3) is 0.417. The number of nitrogens with one attached hydrogen (secondary N) is 1. The minimum absolute atomic E-state index is 0.153. The number of anilines is 1. The number of amides is 1. The molecule has 0 aliphatic heterocycles. The van der Waals surface area contributed by atoms with Crippen molar-refractivity contribution in [2.24, 2.45) is 5.92 Å². The number of aryl methyl sites for hydroxylation is 1. The molecule has 0 aliphatic carbocycles. The molecule has 0 spiro atoms. The molecule has 2 nitrogen and oxygen atoms in total. The molecule has 4 heteroatoms. The molecular weight excluding hydrogens is 273 g/mol. The predicted molar refractivity (Wildman–Crippen MR) is 67.3 cm³/mol. The summed E-state index contributed by atoms with van der Waals surface area (Å²) < 4.78 is 13.1. The van der Waals surface area contributed by atoms with Crippen LogP contribution in [0.3, 0.4) is 0 Å². The average molecular weight is 288 g/mol. The third kappa shape index (κ3) is 3.59. The first-order valence-corrected chi connectivity index (χ1v) is 6.04. The maximum Gasteiger partial charge on any atom is 0.238 e. The molecule has 0 heterocycles. The SMILES string of the molecule is Cc1cc(F)cc(NC(=O)C(Br)C(C)C)c1. The Balaban J connectivity index is 2.77. The Bertz CT molecular complexity index is 372. The van der Waals surface area contributed by atoms with Gasteiger partial charge in [0.25, 0.3) is 0 Å². The number of rotatable bonds is 3. The van der Waals surface area contributed by atoms with Gasteiger partial charge in [-0.15, -0.1) is 0 Å². The van der Waals surface area contributed by atoms with Gasteiger partial charge in [0, 0.05) is 5.69 Å². The maximum atomic E-state index is 13.1. The van der Waals surface area contributed by atoms with Gasteiger partial charge in [-0.05, 0) is 36.6 Å². The second-order valence-electron chi connectivity index (χ2n) is 4.15. The molecule has 1 amide bonds. The van der Waals surface area contributed by atoms with Crippen LogP contribution in [0.2, 0.25) is 0 Å². The van der Waals surface area contributed by atoms with E-state index in [1.54, 1.807) is 13.0 Å². The molecule has 1 unspecified atom stereocenters. The van der Waals surface area contributed by atoms with Gasteiger partial charge in [-0.1, -0.05) is 29.8 Å². The predicted octanol–water partition coefficient (Wildman–Crippen LogP) is 3.49. The van der Waals surface area contributed by atoms with Gasteiger partial charge in [-0.2, -0.15) is 0 Å². The highest BCUT2D eigenvalue weighted by atomic mass is 79.9. The van der Waals surface area contributed by atoms with Crippen molar-refractivity contribution in [3.63, 3.8) is 0 Å². The highest BCUT2D eigenvalue weighted by Crippen LogP contribution is 2.17. The van der Waals surface area contributed by atoms with Crippen LogP contribution in [0, 0.1) is 18.7 Å². The zero-order chi connectivity index (χ0) is 12.3. The van der Waals surface area contributed by atoms with Crippen LogP contribution in [0.1, 0.15) is 19.4 Å². The Morgan fingerprint density at radius 3 is 2.50 bits per heavy atom. The molecular formula is C12H15BrFNO. The van der Waals surface area contributed by atoms with E-state index >= 15 is 0 Å². The molecule has 0 aliphatic rings. The smallest absolute Gasteiger partial charge is 0.238 e. The van der Waals surface area contributed by atoms with E-state index in [1.165, 1.54) is 12.1 Å². The topological polar surface area (TPSA) is 29.1 Å². The van der Waals surface area contributed by atoms with E-state index in [2.05, 4.69) is 21.2 Å². The van der Waals surface area contributed by atoms with Gasteiger partial charge >= 0.3 is 0 Å². The van der Waals surface area contributed by atoms with E-state index in [4.69, 9.17) is 0 Å². The van der Waals surface area contributed by atoms with Gasteiger partial charge in [-0.3, -0.25) is 4.79 Å². The Morgan fingerprint density at radius 2 is 2.00 bits per heavy atom. The Hall–Kier alpha value is -0.900. The number of carbonyl (C=O) groups excluding carboxylic acids is 1. The van der Waals surface area contributed by atoms with Crippen LogP contribution < -0.4 is 5.32 Å². The zero-order valence-corrected chi connectivity index (χ0v) is 11.1. The van der Waals surface area contributed by atoms with Crippen molar-refractivity contribution < 1.29 is 9.18 Å². The van der Waals surface area contributed by atoms with Crippen LogP contribution in [0.4, 0.5) is 10.1 Å². The van der Waals surface area contributed by atoms with Gasteiger partial charge in [0.05, 0.1) is 4.83 Å². The molecule has 0 fully saturated rings. The van der Waals surface area contributed by atoms with Crippen molar-refractivity contribution in [1.82, 2.24) is 0 Å². The van der Waals surface area contributed by atoms with Gasteiger partial charge in [0.2, 0.25) is 5.91 Å². The molecule has 1 atom stereocenters. The molecule has 16 heavy (non-hydrogen) atoms. The largest absolute Gasteiger partial charge is 0.325 e.